The molecule has 2 rings (SSSR count). The maximum absolute atomic E-state index is 11.5. The number of benzene rings is 1. The monoisotopic (exact) mass is 272 g/mol. The van der Waals surface area contributed by atoms with Gasteiger partial charge in [0.2, 0.25) is 5.91 Å². The topological polar surface area (TPSA) is 55.1 Å². The first-order valence-electron chi connectivity index (χ1n) is 7.07. The molecule has 0 spiro atoms. The maximum Gasteiger partial charge on any atom is 0.220 e. The van der Waals surface area contributed by atoms with E-state index in [1.807, 2.05) is 36.4 Å². The van der Waals surface area contributed by atoms with Crippen LogP contribution in [0.1, 0.15) is 31.9 Å². The molecule has 0 saturated heterocycles. The van der Waals surface area contributed by atoms with E-state index in [1.165, 1.54) is 0 Å². The van der Waals surface area contributed by atoms with Gasteiger partial charge < -0.3 is 9.84 Å². The molecule has 4 nitrogen and oxygen atoms in total. The summed E-state index contributed by atoms with van der Waals surface area (Å²) in [6.45, 7) is 2.68. The molecule has 0 bridgehead atoms. The van der Waals surface area contributed by atoms with Crippen LogP contribution in [-0.4, -0.2) is 17.6 Å². The van der Waals surface area contributed by atoms with Crippen molar-refractivity contribution < 1.29 is 9.32 Å². The Morgan fingerprint density at radius 2 is 2.10 bits per heavy atom. The molecule has 4 heteroatoms. The van der Waals surface area contributed by atoms with Crippen molar-refractivity contribution in [1.29, 1.82) is 0 Å². The van der Waals surface area contributed by atoms with Crippen LogP contribution in [0.15, 0.2) is 40.9 Å². The van der Waals surface area contributed by atoms with Crippen molar-refractivity contribution in [3.05, 3.63) is 42.1 Å². The zero-order chi connectivity index (χ0) is 14.2. The fourth-order valence-electron chi connectivity index (χ4n) is 1.92. The molecule has 1 N–H and O–H groups in total. The average Bonchev–Trinajstić information content (AvgIpc) is 2.95. The van der Waals surface area contributed by atoms with E-state index in [-0.39, 0.29) is 5.91 Å². The molecule has 0 atom stereocenters. The van der Waals surface area contributed by atoms with Gasteiger partial charge in [0.15, 0.2) is 5.76 Å². The fourth-order valence-corrected chi connectivity index (χ4v) is 1.92. The number of amides is 1. The quantitative estimate of drug-likeness (QED) is 0.842. The van der Waals surface area contributed by atoms with E-state index in [0.717, 1.165) is 29.9 Å². The summed E-state index contributed by atoms with van der Waals surface area (Å²) in [6, 6.07) is 11.8. The first kappa shape index (κ1) is 14.3. The van der Waals surface area contributed by atoms with Crippen LogP contribution in [-0.2, 0) is 11.2 Å². The standard InChI is InChI=1S/C16H20N2O2/c1-2-3-9-16(19)17-11-10-14-12-15(20-18-14)13-7-5-4-6-8-13/h4-8,12H,2-3,9-11H2,1H3,(H,17,19). The van der Waals surface area contributed by atoms with Gasteiger partial charge in [0.1, 0.15) is 0 Å². The highest BCUT2D eigenvalue weighted by atomic mass is 16.5. The van der Waals surface area contributed by atoms with Crippen LogP contribution in [0.2, 0.25) is 0 Å². The van der Waals surface area contributed by atoms with Crippen LogP contribution in [0, 0.1) is 0 Å². The van der Waals surface area contributed by atoms with Crippen LogP contribution in [0.5, 0.6) is 0 Å². The minimum absolute atomic E-state index is 0.110. The van der Waals surface area contributed by atoms with Gasteiger partial charge in [-0.15, -0.1) is 0 Å². The van der Waals surface area contributed by atoms with Crippen LogP contribution >= 0.6 is 0 Å². The number of carbonyl (C=O) groups is 1. The van der Waals surface area contributed by atoms with Gasteiger partial charge >= 0.3 is 0 Å². The summed E-state index contributed by atoms with van der Waals surface area (Å²) in [5, 5.41) is 6.92. The fraction of sp³-hybridized carbons (Fsp3) is 0.375. The molecule has 0 aliphatic heterocycles. The number of rotatable bonds is 7. The SMILES string of the molecule is CCCCC(=O)NCCc1cc(-c2ccccc2)on1. The van der Waals surface area contributed by atoms with Crippen molar-refractivity contribution in [3.8, 4) is 11.3 Å². The van der Waals surface area contributed by atoms with Crippen molar-refractivity contribution in [3.63, 3.8) is 0 Å². The number of aromatic nitrogens is 1. The molecule has 0 aliphatic carbocycles. The Hall–Kier alpha value is -2.10. The Morgan fingerprint density at radius 3 is 2.85 bits per heavy atom. The van der Waals surface area contributed by atoms with Crippen molar-refractivity contribution in [2.24, 2.45) is 0 Å². The van der Waals surface area contributed by atoms with E-state index in [4.69, 9.17) is 4.52 Å². The van der Waals surface area contributed by atoms with Crippen molar-refractivity contribution in [2.75, 3.05) is 6.54 Å². The van der Waals surface area contributed by atoms with Gasteiger partial charge in [-0.3, -0.25) is 4.79 Å². The van der Waals surface area contributed by atoms with Gasteiger partial charge in [-0.25, -0.2) is 0 Å². The molecule has 1 heterocycles. The zero-order valence-corrected chi connectivity index (χ0v) is 11.8. The van der Waals surface area contributed by atoms with Crippen LogP contribution in [0.4, 0.5) is 0 Å². The highest BCUT2D eigenvalue weighted by Crippen LogP contribution is 2.19. The summed E-state index contributed by atoms with van der Waals surface area (Å²) >= 11 is 0. The Kier molecular flexibility index (Phi) is 5.35. The normalized spacial score (nSPS) is 10.4. The minimum atomic E-state index is 0.110. The van der Waals surface area contributed by atoms with E-state index >= 15 is 0 Å². The molecular formula is C16H20N2O2. The zero-order valence-electron chi connectivity index (χ0n) is 11.8. The van der Waals surface area contributed by atoms with Crippen LogP contribution < -0.4 is 5.32 Å². The lowest BCUT2D eigenvalue weighted by molar-refractivity contribution is -0.121. The van der Waals surface area contributed by atoms with Crippen molar-refractivity contribution >= 4 is 5.91 Å². The van der Waals surface area contributed by atoms with Gasteiger partial charge in [-0.1, -0.05) is 48.8 Å². The summed E-state index contributed by atoms with van der Waals surface area (Å²) in [5.74, 6) is 0.872. The van der Waals surface area contributed by atoms with Crippen LogP contribution in [0.25, 0.3) is 11.3 Å². The predicted molar refractivity (Wildman–Crippen MR) is 78.2 cm³/mol. The molecule has 0 fully saturated rings. The smallest absolute Gasteiger partial charge is 0.220 e. The van der Waals surface area contributed by atoms with Gasteiger partial charge in [-0.2, -0.15) is 0 Å². The highest BCUT2D eigenvalue weighted by molar-refractivity contribution is 5.75. The number of hydrogen-bond acceptors (Lipinski definition) is 3. The molecule has 0 saturated carbocycles. The minimum Gasteiger partial charge on any atom is -0.356 e. The molecule has 1 aromatic carbocycles. The number of nitrogens with zero attached hydrogens (tertiary/aromatic N) is 1. The Labute approximate surface area is 119 Å². The largest absolute Gasteiger partial charge is 0.356 e. The van der Waals surface area contributed by atoms with E-state index < -0.39 is 0 Å². The average molecular weight is 272 g/mol. The third kappa shape index (κ3) is 4.23. The summed E-state index contributed by atoms with van der Waals surface area (Å²) in [7, 11) is 0. The predicted octanol–water partition coefficient (Wildman–Crippen LogP) is 3.19. The molecule has 20 heavy (non-hydrogen) atoms. The molecule has 0 aliphatic rings. The third-order valence-corrected chi connectivity index (χ3v) is 3.08. The summed E-state index contributed by atoms with van der Waals surface area (Å²) in [6.07, 6.45) is 3.27. The number of hydrogen-bond donors (Lipinski definition) is 1. The molecule has 106 valence electrons. The lowest BCUT2D eigenvalue weighted by atomic mass is 10.1. The highest BCUT2D eigenvalue weighted by Gasteiger charge is 2.06. The first-order chi connectivity index (χ1) is 9.79. The van der Waals surface area contributed by atoms with Crippen molar-refractivity contribution in [2.45, 2.75) is 32.6 Å². The van der Waals surface area contributed by atoms with Crippen LogP contribution in [0.3, 0.4) is 0 Å². The van der Waals surface area contributed by atoms with Gasteiger partial charge in [0.25, 0.3) is 0 Å². The second kappa shape index (κ2) is 7.48. The number of carbonyl (C=O) groups excluding carboxylic acids is 1. The Bertz CT molecular complexity index is 534. The maximum atomic E-state index is 11.5. The molecule has 1 aromatic heterocycles. The van der Waals surface area contributed by atoms with Gasteiger partial charge in [-0.05, 0) is 6.42 Å². The van der Waals surface area contributed by atoms with Gasteiger partial charge in [0.05, 0.1) is 5.69 Å². The molecule has 0 unspecified atom stereocenters. The van der Waals surface area contributed by atoms with E-state index in [1.54, 1.807) is 0 Å². The van der Waals surface area contributed by atoms with E-state index in [0.29, 0.717) is 19.4 Å². The number of nitrogens with one attached hydrogen (secondary N) is 1. The summed E-state index contributed by atoms with van der Waals surface area (Å²) < 4.78 is 5.31. The molecular weight excluding hydrogens is 252 g/mol. The molecule has 2 aromatic rings. The lowest BCUT2D eigenvalue weighted by Gasteiger charge is -2.02. The molecule has 0 radical (unpaired) electrons. The molecule has 1 amide bonds. The lowest BCUT2D eigenvalue weighted by Crippen LogP contribution is -2.25. The second-order valence-corrected chi connectivity index (χ2v) is 4.75. The number of unbranched alkanes of at least 4 members (excludes halogenated alkanes) is 1. The Morgan fingerprint density at radius 1 is 1.30 bits per heavy atom. The second-order valence-electron chi connectivity index (χ2n) is 4.75. The summed E-state index contributed by atoms with van der Waals surface area (Å²) in [4.78, 5) is 11.5. The van der Waals surface area contributed by atoms with Crippen molar-refractivity contribution in [1.82, 2.24) is 10.5 Å². The summed E-state index contributed by atoms with van der Waals surface area (Å²) in [5.41, 5.74) is 1.87. The third-order valence-electron chi connectivity index (χ3n) is 3.08. The van der Waals surface area contributed by atoms with E-state index in [9.17, 15) is 4.79 Å². The van der Waals surface area contributed by atoms with Gasteiger partial charge in [0, 0.05) is 31.0 Å². The Balaban J connectivity index is 1.80. The first-order valence-corrected chi connectivity index (χ1v) is 7.07. The van der Waals surface area contributed by atoms with E-state index in [2.05, 4.69) is 17.4 Å².